The lowest BCUT2D eigenvalue weighted by Crippen LogP contribution is -1.88. The van der Waals surface area contributed by atoms with Gasteiger partial charge in [-0.2, -0.15) is 5.10 Å². The summed E-state index contributed by atoms with van der Waals surface area (Å²) in [6.45, 7) is 9.05. The van der Waals surface area contributed by atoms with Crippen LogP contribution in [0.3, 0.4) is 0 Å². The van der Waals surface area contributed by atoms with E-state index >= 15 is 0 Å². The van der Waals surface area contributed by atoms with E-state index in [1.807, 2.05) is 14.0 Å². The first kappa shape index (κ1) is 7.72. The first-order valence-electron chi connectivity index (χ1n) is 3.33. The molecule has 3 heteroatoms. The Morgan fingerprint density at radius 1 is 1.64 bits per heavy atom. The van der Waals surface area contributed by atoms with Crippen molar-refractivity contribution in [2.75, 3.05) is 0 Å². The van der Waals surface area contributed by atoms with E-state index in [4.69, 9.17) is 0 Å². The zero-order valence-electron chi connectivity index (χ0n) is 6.83. The molecule has 58 valence electrons. The van der Waals surface area contributed by atoms with E-state index in [1.54, 1.807) is 10.8 Å². The van der Waals surface area contributed by atoms with Crippen molar-refractivity contribution < 1.29 is 0 Å². The smallest absolute Gasteiger partial charge is 0.157 e. The molecule has 0 atom stereocenters. The summed E-state index contributed by atoms with van der Waals surface area (Å²) >= 11 is 0. The molecule has 0 fully saturated rings. The third-order valence-electron chi connectivity index (χ3n) is 1.59. The summed E-state index contributed by atoms with van der Waals surface area (Å²) in [6.07, 6.45) is 1.74. The van der Waals surface area contributed by atoms with Crippen LogP contribution in [0.2, 0.25) is 0 Å². The van der Waals surface area contributed by atoms with Gasteiger partial charge in [-0.25, -0.2) is 4.99 Å². The van der Waals surface area contributed by atoms with Gasteiger partial charge in [0.2, 0.25) is 0 Å². The molecular weight excluding hydrogens is 138 g/mol. The number of aromatic nitrogens is 2. The summed E-state index contributed by atoms with van der Waals surface area (Å²) in [5.74, 6) is 0.775. The molecule has 0 spiro atoms. The highest BCUT2D eigenvalue weighted by Gasteiger charge is 2.06. The van der Waals surface area contributed by atoms with Gasteiger partial charge in [0.1, 0.15) is 0 Å². The van der Waals surface area contributed by atoms with E-state index in [2.05, 4.69) is 23.4 Å². The molecule has 0 amide bonds. The summed E-state index contributed by atoms with van der Waals surface area (Å²) in [6, 6.07) is 0. The number of nitrogens with zero attached hydrogens (tertiary/aromatic N) is 3. The molecule has 0 radical (unpaired) electrons. The van der Waals surface area contributed by atoms with Gasteiger partial charge < -0.3 is 0 Å². The van der Waals surface area contributed by atoms with Gasteiger partial charge in [-0.15, -0.1) is 0 Å². The van der Waals surface area contributed by atoms with Crippen LogP contribution in [-0.4, -0.2) is 16.5 Å². The lowest BCUT2D eigenvalue weighted by Gasteiger charge is -1.92. The summed E-state index contributed by atoms with van der Waals surface area (Å²) < 4.78 is 1.69. The van der Waals surface area contributed by atoms with E-state index in [1.165, 1.54) is 0 Å². The maximum atomic E-state index is 4.16. The predicted octanol–water partition coefficient (Wildman–Crippen LogP) is 1.70. The largest absolute Gasteiger partial charge is 0.250 e. The number of aryl methyl sites for hydroxylation is 2. The minimum absolute atomic E-state index is 0.775. The molecule has 1 aromatic rings. The van der Waals surface area contributed by atoms with Crippen LogP contribution >= 0.6 is 0 Å². The van der Waals surface area contributed by atoms with Gasteiger partial charge in [0, 0.05) is 12.6 Å². The fourth-order valence-corrected chi connectivity index (χ4v) is 1.09. The van der Waals surface area contributed by atoms with Crippen LogP contribution in [0.4, 0.5) is 5.82 Å². The molecular formula is C8H11N3. The van der Waals surface area contributed by atoms with Gasteiger partial charge in [0.05, 0.1) is 5.69 Å². The second-order valence-corrected chi connectivity index (χ2v) is 2.31. The lowest BCUT2D eigenvalue weighted by molar-refractivity contribution is 0.760. The lowest BCUT2D eigenvalue weighted by atomic mass is 10.2. The fraction of sp³-hybridized carbons (Fsp3) is 0.250. The Labute approximate surface area is 66.1 Å². The highest BCUT2D eigenvalue weighted by molar-refractivity contribution is 5.63. The van der Waals surface area contributed by atoms with E-state index in [-0.39, 0.29) is 0 Å². The van der Waals surface area contributed by atoms with Crippen molar-refractivity contribution in [2.24, 2.45) is 12.0 Å². The van der Waals surface area contributed by atoms with Crippen LogP contribution in [-0.2, 0) is 7.05 Å². The van der Waals surface area contributed by atoms with Crippen LogP contribution in [0.15, 0.2) is 11.6 Å². The van der Waals surface area contributed by atoms with Crippen LogP contribution in [0.5, 0.6) is 0 Å². The summed E-state index contributed by atoms with van der Waals surface area (Å²) in [5, 5.41) is 4.16. The minimum atomic E-state index is 0.775. The van der Waals surface area contributed by atoms with E-state index in [0.29, 0.717) is 0 Å². The van der Waals surface area contributed by atoms with Crippen molar-refractivity contribution in [1.82, 2.24) is 9.78 Å². The maximum Gasteiger partial charge on any atom is 0.157 e. The molecule has 1 aromatic heterocycles. The van der Waals surface area contributed by atoms with Crippen molar-refractivity contribution >= 4 is 18.6 Å². The average Bonchev–Trinajstić information content (AvgIpc) is 2.24. The Balaban J connectivity index is 3.39. The normalized spacial score (nSPS) is 9.64. The van der Waals surface area contributed by atoms with Crippen LogP contribution in [0, 0.1) is 6.92 Å². The van der Waals surface area contributed by atoms with Gasteiger partial charge in [0.25, 0.3) is 0 Å². The van der Waals surface area contributed by atoms with E-state index < -0.39 is 0 Å². The monoisotopic (exact) mass is 149 g/mol. The third kappa shape index (κ3) is 1.09. The summed E-state index contributed by atoms with van der Waals surface area (Å²) in [4.78, 5) is 3.84. The maximum absolute atomic E-state index is 4.16. The molecule has 0 N–H and O–H groups in total. The molecule has 0 aliphatic rings. The number of aliphatic imine (C=N–C) groups is 1. The Morgan fingerprint density at radius 2 is 2.27 bits per heavy atom. The number of hydrogen-bond donors (Lipinski definition) is 0. The molecule has 11 heavy (non-hydrogen) atoms. The fourth-order valence-electron chi connectivity index (χ4n) is 1.09. The van der Waals surface area contributed by atoms with Gasteiger partial charge in [-0.1, -0.05) is 12.7 Å². The Kier molecular flexibility index (Phi) is 1.89. The summed E-state index contributed by atoms with van der Waals surface area (Å²) in [5.41, 5.74) is 1.90. The minimum Gasteiger partial charge on any atom is -0.250 e. The topological polar surface area (TPSA) is 30.2 Å². The van der Waals surface area contributed by atoms with Crippen molar-refractivity contribution in [3.05, 3.63) is 17.8 Å². The van der Waals surface area contributed by atoms with E-state index in [0.717, 1.165) is 17.1 Å². The van der Waals surface area contributed by atoms with Crippen molar-refractivity contribution in [2.45, 2.75) is 6.92 Å². The van der Waals surface area contributed by atoms with Crippen LogP contribution < -0.4 is 0 Å². The van der Waals surface area contributed by atoms with Gasteiger partial charge >= 0.3 is 0 Å². The van der Waals surface area contributed by atoms with Crippen molar-refractivity contribution in [1.29, 1.82) is 0 Å². The first-order valence-corrected chi connectivity index (χ1v) is 3.33. The Morgan fingerprint density at radius 3 is 2.64 bits per heavy atom. The Bertz CT molecular complexity index is 268. The molecule has 0 saturated heterocycles. The average molecular weight is 149 g/mol. The highest BCUT2D eigenvalue weighted by Crippen LogP contribution is 2.21. The zero-order valence-corrected chi connectivity index (χ0v) is 6.83. The van der Waals surface area contributed by atoms with Gasteiger partial charge in [-0.3, -0.25) is 4.68 Å². The highest BCUT2D eigenvalue weighted by atomic mass is 15.3. The Hall–Kier alpha value is -1.38. The standard InChI is InChI=1S/C8H11N3/c1-5-7-6(2)10-11(4)8(7)9-3/h5H,1,3H2,2,4H3. The molecule has 3 nitrogen and oxygen atoms in total. The van der Waals surface area contributed by atoms with Crippen molar-refractivity contribution in [3.8, 4) is 0 Å². The quantitative estimate of drug-likeness (QED) is 0.588. The molecule has 1 heterocycles. The SMILES string of the molecule is C=Cc1c(C)nn(C)c1N=C. The number of rotatable bonds is 2. The van der Waals surface area contributed by atoms with Crippen molar-refractivity contribution in [3.63, 3.8) is 0 Å². The van der Waals surface area contributed by atoms with Gasteiger partial charge in [0.15, 0.2) is 5.82 Å². The molecule has 0 aromatic carbocycles. The molecule has 0 bridgehead atoms. The van der Waals surface area contributed by atoms with Gasteiger partial charge in [-0.05, 0) is 13.6 Å². The van der Waals surface area contributed by atoms with Crippen LogP contribution in [0.1, 0.15) is 11.3 Å². The molecule has 1 rings (SSSR count). The molecule has 0 aliphatic heterocycles. The third-order valence-corrected chi connectivity index (χ3v) is 1.59. The summed E-state index contributed by atoms with van der Waals surface area (Å²) in [7, 11) is 1.84. The molecule has 0 aliphatic carbocycles. The zero-order chi connectivity index (χ0) is 8.43. The number of hydrogen-bond acceptors (Lipinski definition) is 2. The second kappa shape index (κ2) is 2.70. The first-order chi connectivity index (χ1) is 5.20. The molecule has 0 saturated carbocycles. The predicted molar refractivity (Wildman–Crippen MR) is 47.2 cm³/mol. The van der Waals surface area contributed by atoms with Crippen LogP contribution in [0.25, 0.3) is 6.08 Å². The second-order valence-electron chi connectivity index (χ2n) is 2.31. The van der Waals surface area contributed by atoms with E-state index in [9.17, 15) is 0 Å². The molecule has 0 unspecified atom stereocenters.